The van der Waals surface area contributed by atoms with Gasteiger partial charge in [-0.2, -0.15) is 0 Å². The summed E-state index contributed by atoms with van der Waals surface area (Å²) in [5, 5.41) is 1.43. The van der Waals surface area contributed by atoms with Gasteiger partial charge in [-0.25, -0.2) is 4.39 Å². The molecule has 0 amide bonds. The molecule has 0 unspecified atom stereocenters. The van der Waals surface area contributed by atoms with Crippen molar-refractivity contribution in [3.8, 4) is 11.1 Å². The van der Waals surface area contributed by atoms with Crippen molar-refractivity contribution in [2.75, 3.05) is 0 Å². The number of halogens is 1. The molecule has 1 aliphatic carbocycles. The molecule has 3 rings (SSSR count). The minimum absolute atomic E-state index is 0.0669. The van der Waals surface area contributed by atoms with Gasteiger partial charge >= 0.3 is 0 Å². The second-order valence-corrected chi connectivity index (χ2v) is 11.0. The fourth-order valence-electron chi connectivity index (χ4n) is 4.26. The van der Waals surface area contributed by atoms with Crippen LogP contribution < -0.4 is 5.19 Å². The van der Waals surface area contributed by atoms with Gasteiger partial charge in [0.15, 0.2) is 0 Å². The average Bonchev–Trinajstić information content (AvgIpc) is 2.63. The number of benzene rings is 2. The fraction of sp³-hybridized carbons (Fsp3) is 0.478. The van der Waals surface area contributed by atoms with Crippen LogP contribution in [0.25, 0.3) is 11.1 Å². The summed E-state index contributed by atoms with van der Waals surface area (Å²) >= 11 is 0. The van der Waals surface area contributed by atoms with E-state index in [1.165, 1.54) is 49.3 Å². The molecule has 0 aliphatic heterocycles. The van der Waals surface area contributed by atoms with Crippen molar-refractivity contribution in [2.45, 2.75) is 64.5 Å². The minimum Gasteiger partial charge on any atom is -0.206 e. The van der Waals surface area contributed by atoms with Gasteiger partial charge in [-0.05, 0) is 54.7 Å². The molecular weight excluding hydrogens is 323 g/mol. The topological polar surface area (TPSA) is 0 Å². The third kappa shape index (κ3) is 4.41. The van der Waals surface area contributed by atoms with Crippen molar-refractivity contribution < 1.29 is 4.39 Å². The van der Waals surface area contributed by atoms with Gasteiger partial charge in [0.05, 0.1) is 8.80 Å². The van der Waals surface area contributed by atoms with Crippen LogP contribution in [0.4, 0.5) is 4.39 Å². The molecule has 1 aliphatic rings. The summed E-state index contributed by atoms with van der Waals surface area (Å²) in [6, 6.07) is 14.5. The second kappa shape index (κ2) is 8.31. The van der Waals surface area contributed by atoms with Crippen molar-refractivity contribution in [3.05, 3.63) is 53.8 Å². The Balaban J connectivity index is 1.73. The van der Waals surface area contributed by atoms with Gasteiger partial charge in [-0.1, -0.05) is 74.4 Å². The number of hydrogen-bond acceptors (Lipinski definition) is 0. The standard InChI is InChI=1S/C23H31FSi/c1-4-5-17-6-8-18(9-7-17)20-12-15-22(23(24)16-20)19-10-13-21(14-11-19)25(2)3/h10-18,25H,4-9H2,1-3H3. The Labute approximate surface area is 154 Å². The highest BCUT2D eigenvalue weighted by molar-refractivity contribution is 6.70. The molecule has 1 saturated carbocycles. The van der Waals surface area contributed by atoms with Crippen LogP contribution in [0.2, 0.25) is 13.1 Å². The van der Waals surface area contributed by atoms with Crippen LogP contribution in [-0.4, -0.2) is 8.80 Å². The molecule has 2 aromatic rings. The first kappa shape index (κ1) is 18.4. The van der Waals surface area contributed by atoms with Gasteiger partial charge in [0.1, 0.15) is 5.82 Å². The highest BCUT2D eigenvalue weighted by Crippen LogP contribution is 2.38. The Morgan fingerprint density at radius 1 is 0.960 bits per heavy atom. The normalized spacial score (nSPS) is 20.8. The maximum absolute atomic E-state index is 14.8. The van der Waals surface area contributed by atoms with E-state index >= 15 is 0 Å². The highest BCUT2D eigenvalue weighted by atomic mass is 28.3. The fourth-order valence-corrected chi connectivity index (χ4v) is 5.22. The Morgan fingerprint density at radius 3 is 2.20 bits per heavy atom. The number of hydrogen-bond donors (Lipinski definition) is 0. The Kier molecular flexibility index (Phi) is 6.11. The van der Waals surface area contributed by atoms with Gasteiger partial charge in [-0.15, -0.1) is 0 Å². The van der Waals surface area contributed by atoms with E-state index in [4.69, 9.17) is 0 Å². The smallest absolute Gasteiger partial charge is 0.131 e. The molecule has 0 nitrogen and oxygen atoms in total. The zero-order valence-corrected chi connectivity index (χ0v) is 17.0. The molecule has 2 heteroatoms. The molecule has 2 aromatic carbocycles. The molecule has 0 spiro atoms. The molecule has 0 aromatic heterocycles. The zero-order valence-electron chi connectivity index (χ0n) is 15.9. The van der Waals surface area contributed by atoms with Gasteiger partial charge in [0.2, 0.25) is 0 Å². The van der Waals surface area contributed by atoms with Gasteiger partial charge in [0, 0.05) is 5.56 Å². The molecule has 25 heavy (non-hydrogen) atoms. The van der Waals surface area contributed by atoms with Gasteiger partial charge in [0.25, 0.3) is 0 Å². The van der Waals surface area contributed by atoms with Crippen LogP contribution in [0, 0.1) is 11.7 Å². The van der Waals surface area contributed by atoms with E-state index in [1.54, 1.807) is 6.07 Å². The van der Waals surface area contributed by atoms with Crippen molar-refractivity contribution in [3.63, 3.8) is 0 Å². The third-order valence-corrected chi connectivity index (χ3v) is 7.61. The minimum atomic E-state index is -0.788. The summed E-state index contributed by atoms with van der Waals surface area (Å²) in [7, 11) is -0.788. The van der Waals surface area contributed by atoms with E-state index in [1.807, 2.05) is 6.07 Å². The molecule has 134 valence electrons. The van der Waals surface area contributed by atoms with Crippen LogP contribution in [0.1, 0.15) is 56.9 Å². The Morgan fingerprint density at radius 2 is 1.64 bits per heavy atom. The van der Waals surface area contributed by atoms with E-state index in [0.717, 1.165) is 17.0 Å². The summed E-state index contributed by atoms with van der Waals surface area (Å²) in [5.74, 6) is 1.38. The summed E-state index contributed by atoms with van der Waals surface area (Å²) in [6.07, 6.45) is 7.70. The largest absolute Gasteiger partial charge is 0.206 e. The monoisotopic (exact) mass is 354 g/mol. The molecule has 0 saturated heterocycles. The predicted molar refractivity (Wildman–Crippen MR) is 110 cm³/mol. The maximum atomic E-state index is 14.8. The van der Waals surface area contributed by atoms with Crippen LogP contribution >= 0.6 is 0 Å². The van der Waals surface area contributed by atoms with E-state index in [-0.39, 0.29) is 5.82 Å². The molecule has 0 N–H and O–H groups in total. The third-order valence-electron chi connectivity index (χ3n) is 5.90. The summed E-state index contributed by atoms with van der Waals surface area (Å²) < 4.78 is 14.8. The Bertz CT molecular complexity index is 682. The summed E-state index contributed by atoms with van der Waals surface area (Å²) in [5.41, 5.74) is 2.93. The predicted octanol–water partition coefficient (Wildman–Crippen LogP) is 6.26. The lowest BCUT2D eigenvalue weighted by molar-refractivity contribution is 0.308. The molecule has 0 atom stereocenters. The quantitative estimate of drug-likeness (QED) is 0.556. The maximum Gasteiger partial charge on any atom is 0.131 e. The molecular formula is C23H31FSi. The second-order valence-electron chi connectivity index (χ2n) is 8.02. The van der Waals surface area contributed by atoms with Crippen molar-refractivity contribution in [1.82, 2.24) is 0 Å². The lowest BCUT2D eigenvalue weighted by atomic mass is 9.77. The summed E-state index contributed by atoms with van der Waals surface area (Å²) in [6.45, 7) is 6.91. The first-order chi connectivity index (χ1) is 12.1. The van der Waals surface area contributed by atoms with Crippen LogP contribution in [0.5, 0.6) is 0 Å². The van der Waals surface area contributed by atoms with E-state index < -0.39 is 8.80 Å². The Hall–Kier alpha value is -1.41. The van der Waals surface area contributed by atoms with Crippen molar-refractivity contribution in [1.29, 1.82) is 0 Å². The SMILES string of the molecule is CCCC1CCC(c2ccc(-c3ccc([SiH](C)C)cc3)c(F)c2)CC1. The van der Waals surface area contributed by atoms with Crippen molar-refractivity contribution in [2.24, 2.45) is 5.92 Å². The van der Waals surface area contributed by atoms with Crippen LogP contribution in [0.3, 0.4) is 0 Å². The molecule has 0 bridgehead atoms. The number of rotatable bonds is 5. The van der Waals surface area contributed by atoms with Gasteiger partial charge < -0.3 is 0 Å². The summed E-state index contributed by atoms with van der Waals surface area (Å²) in [4.78, 5) is 0. The lowest BCUT2D eigenvalue weighted by Crippen LogP contribution is -2.21. The van der Waals surface area contributed by atoms with E-state index in [9.17, 15) is 4.39 Å². The first-order valence-electron chi connectivity index (χ1n) is 9.98. The molecule has 1 fully saturated rings. The van der Waals surface area contributed by atoms with E-state index in [2.05, 4.69) is 50.3 Å². The lowest BCUT2D eigenvalue weighted by Gasteiger charge is -2.28. The molecule has 0 radical (unpaired) electrons. The van der Waals surface area contributed by atoms with Gasteiger partial charge in [-0.3, -0.25) is 0 Å². The van der Waals surface area contributed by atoms with Crippen molar-refractivity contribution >= 4 is 14.0 Å². The van der Waals surface area contributed by atoms with E-state index in [0.29, 0.717) is 5.92 Å². The highest BCUT2D eigenvalue weighted by Gasteiger charge is 2.22. The average molecular weight is 355 g/mol. The first-order valence-corrected chi connectivity index (χ1v) is 12.9. The molecule has 0 heterocycles. The zero-order chi connectivity index (χ0) is 17.8. The van der Waals surface area contributed by atoms with Crippen LogP contribution in [0.15, 0.2) is 42.5 Å². The van der Waals surface area contributed by atoms with Crippen LogP contribution in [-0.2, 0) is 0 Å².